The molecule has 0 amide bonds. The summed E-state index contributed by atoms with van der Waals surface area (Å²) >= 11 is 1.90. The van der Waals surface area contributed by atoms with Crippen molar-refractivity contribution in [3.63, 3.8) is 0 Å². The fourth-order valence-electron chi connectivity index (χ4n) is 1.53. The summed E-state index contributed by atoms with van der Waals surface area (Å²) in [6.07, 6.45) is 3.25. The van der Waals surface area contributed by atoms with Crippen molar-refractivity contribution in [3.05, 3.63) is 0 Å². The maximum atomic E-state index is 11.8. The second kappa shape index (κ2) is 6.64. The van der Waals surface area contributed by atoms with Gasteiger partial charge in [0.1, 0.15) is 6.04 Å². The molecule has 0 aromatic rings. The van der Waals surface area contributed by atoms with E-state index in [9.17, 15) is 4.79 Å². The molecular weight excluding hydrogens is 234 g/mol. The van der Waals surface area contributed by atoms with Crippen molar-refractivity contribution in [2.24, 2.45) is 0 Å². The third-order valence-corrected chi connectivity index (χ3v) is 3.83. The van der Waals surface area contributed by atoms with Crippen molar-refractivity contribution in [1.29, 1.82) is 0 Å². The maximum Gasteiger partial charge on any atom is 0.323 e. The zero-order chi connectivity index (χ0) is 12.9. The highest BCUT2D eigenvalue weighted by atomic mass is 32.2. The smallest absolute Gasteiger partial charge is 0.323 e. The van der Waals surface area contributed by atoms with Crippen LogP contribution in [0.5, 0.6) is 0 Å². The average Bonchev–Trinajstić information content (AvgIpc) is 2.98. The van der Waals surface area contributed by atoms with Crippen molar-refractivity contribution >= 4 is 17.7 Å². The quantitative estimate of drug-likeness (QED) is 0.713. The van der Waals surface area contributed by atoms with E-state index in [4.69, 9.17) is 4.74 Å². The van der Waals surface area contributed by atoms with Gasteiger partial charge in [0.05, 0.1) is 6.61 Å². The van der Waals surface area contributed by atoms with Crippen LogP contribution >= 0.6 is 11.8 Å². The molecule has 1 fully saturated rings. The van der Waals surface area contributed by atoms with E-state index in [1.165, 1.54) is 12.8 Å². The summed E-state index contributed by atoms with van der Waals surface area (Å²) < 4.78 is 5.37. The van der Waals surface area contributed by atoms with Crippen LogP contribution < -0.4 is 5.32 Å². The van der Waals surface area contributed by atoms with E-state index in [-0.39, 0.29) is 16.8 Å². The van der Waals surface area contributed by atoms with Gasteiger partial charge >= 0.3 is 5.97 Å². The zero-order valence-electron chi connectivity index (χ0n) is 11.4. The van der Waals surface area contributed by atoms with Crippen LogP contribution in [0.3, 0.4) is 0 Å². The summed E-state index contributed by atoms with van der Waals surface area (Å²) in [5.74, 6) is 0.904. The van der Waals surface area contributed by atoms with Gasteiger partial charge in [-0.15, -0.1) is 0 Å². The highest BCUT2D eigenvalue weighted by Crippen LogP contribution is 2.25. The number of esters is 1. The molecule has 1 unspecified atom stereocenters. The molecule has 1 atom stereocenters. The summed E-state index contributed by atoms with van der Waals surface area (Å²) in [5, 5.41) is 3.37. The second-order valence-electron chi connectivity index (χ2n) is 5.50. The van der Waals surface area contributed by atoms with E-state index < -0.39 is 0 Å². The molecule has 0 bridgehead atoms. The van der Waals surface area contributed by atoms with Gasteiger partial charge in [-0.05, 0) is 31.9 Å². The number of hydrogen-bond acceptors (Lipinski definition) is 4. The minimum Gasteiger partial charge on any atom is -0.465 e. The van der Waals surface area contributed by atoms with Crippen LogP contribution in [-0.2, 0) is 9.53 Å². The normalized spacial score (nSPS) is 17.9. The Morgan fingerprint density at radius 1 is 1.47 bits per heavy atom. The van der Waals surface area contributed by atoms with Crippen LogP contribution in [0.15, 0.2) is 0 Å². The maximum absolute atomic E-state index is 11.8. The largest absolute Gasteiger partial charge is 0.465 e. The van der Waals surface area contributed by atoms with E-state index in [0.29, 0.717) is 12.6 Å². The number of thioether (sulfide) groups is 1. The number of rotatable bonds is 7. The minimum absolute atomic E-state index is 0.0890. The summed E-state index contributed by atoms with van der Waals surface area (Å²) in [4.78, 5) is 11.8. The van der Waals surface area contributed by atoms with Crippen LogP contribution in [-0.4, -0.2) is 35.2 Å². The molecule has 1 saturated carbocycles. The monoisotopic (exact) mass is 259 g/mol. The first-order chi connectivity index (χ1) is 7.92. The van der Waals surface area contributed by atoms with Crippen molar-refractivity contribution in [3.8, 4) is 0 Å². The zero-order valence-corrected chi connectivity index (χ0v) is 12.2. The molecule has 0 aromatic heterocycles. The Morgan fingerprint density at radius 2 is 2.12 bits per heavy atom. The molecule has 0 spiro atoms. The number of carbonyl (C=O) groups is 1. The Balaban J connectivity index is 2.31. The lowest BCUT2D eigenvalue weighted by molar-refractivity contribution is -0.145. The first-order valence-electron chi connectivity index (χ1n) is 6.49. The van der Waals surface area contributed by atoms with E-state index in [0.717, 1.165) is 12.2 Å². The van der Waals surface area contributed by atoms with Gasteiger partial charge in [-0.2, -0.15) is 11.8 Å². The Morgan fingerprint density at radius 3 is 2.59 bits per heavy atom. The number of carbonyl (C=O) groups excluding carboxylic acids is 1. The molecular formula is C13H25NO2S. The lowest BCUT2D eigenvalue weighted by Crippen LogP contribution is -2.40. The molecule has 100 valence electrons. The van der Waals surface area contributed by atoms with Crippen LogP contribution in [0.4, 0.5) is 0 Å². The Kier molecular flexibility index (Phi) is 5.80. The number of nitrogens with one attached hydrogen (secondary N) is 1. The van der Waals surface area contributed by atoms with Gasteiger partial charge in [-0.25, -0.2) is 0 Å². The van der Waals surface area contributed by atoms with Gasteiger partial charge in [-0.1, -0.05) is 20.8 Å². The lowest BCUT2D eigenvalue weighted by atomic mass is 10.2. The third kappa shape index (κ3) is 6.94. The molecule has 0 aliphatic heterocycles. The molecule has 0 radical (unpaired) electrons. The predicted octanol–water partition coefficient (Wildman–Crippen LogP) is 2.59. The molecule has 0 heterocycles. The summed E-state index contributed by atoms with van der Waals surface area (Å²) in [6, 6.07) is 0.432. The van der Waals surface area contributed by atoms with Crippen LogP contribution in [0.2, 0.25) is 0 Å². The highest BCUT2D eigenvalue weighted by molar-refractivity contribution is 8.00. The predicted molar refractivity (Wildman–Crippen MR) is 73.4 cm³/mol. The Labute approximate surface area is 109 Å². The molecule has 0 aromatic carbocycles. The fraction of sp³-hybridized carbons (Fsp3) is 0.923. The van der Waals surface area contributed by atoms with Crippen molar-refractivity contribution in [2.75, 3.05) is 12.4 Å². The van der Waals surface area contributed by atoms with Gasteiger partial charge in [0, 0.05) is 10.8 Å². The first kappa shape index (κ1) is 14.8. The van der Waals surface area contributed by atoms with Crippen LogP contribution in [0.1, 0.15) is 47.0 Å². The highest BCUT2D eigenvalue weighted by Gasteiger charge is 2.29. The molecule has 1 N–H and O–H groups in total. The summed E-state index contributed by atoms with van der Waals surface area (Å²) in [7, 11) is 0. The average molecular weight is 259 g/mol. The van der Waals surface area contributed by atoms with E-state index in [1.54, 1.807) is 0 Å². The second-order valence-corrected chi connectivity index (χ2v) is 7.42. The topological polar surface area (TPSA) is 38.3 Å². The molecule has 4 heteroatoms. The Bertz CT molecular complexity index is 246. The molecule has 1 aliphatic rings. The van der Waals surface area contributed by atoms with Gasteiger partial charge < -0.3 is 10.1 Å². The van der Waals surface area contributed by atoms with Crippen molar-refractivity contribution in [1.82, 2.24) is 5.32 Å². The number of hydrogen-bond donors (Lipinski definition) is 1. The van der Waals surface area contributed by atoms with Crippen molar-refractivity contribution in [2.45, 2.75) is 63.8 Å². The fourth-order valence-corrected chi connectivity index (χ4v) is 2.50. The standard InChI is InChI=1S/C13H25NO2S/c1-5-16-12(15)11(14-10-6-7-10)8-9-17-13(2,3)4/h10-11,14H,5-9H2,1-4H3. The molecule has 3 nitrogen and oxygen atoms in total. The number of ether oxygens (including phenoxy) is 1. The molecule has 1 rings (SSSR count). The third-order valence-electron chi connectivity index (χ3n) is 2.53. The first-order valence-corrected chi connectivity index (χ1v) is 7.47. The molecule has 0 saturated heterocycles. The Hall–Kier alpha value is -0.220. The SMILES string of the molecule is CCOC(=O)C(CCSC(C)(C)C)NC1CC1. The molecule has 1 aliphatic carbocycles. The van der Waals surface area contributed by atoms with Crippen LogP contribution in [0, 0.1) is 0 Å². The van der Waals surface area contributed by atoms with E-state index >= 15 is 0 Å². The minimum atomic E-state index is -0.114. The van der Waals surface area contributed by atoms with E-state index in [1.807, 2.05) is 18.7 Å². The van der Waals surface area contributed by atoms with Gasteiger partial charge in [0.25, 0.3) is 0 Å². The summed E-state index contributed by atoms with van der Waals surface area (Å²) in [5.41, 5.74) is 0. The van der Waals surface area contributed by atoms with Crippen LogP contribution in [0.25, 0.3) is 0 Å². The molecule has 17 heavy (non-hydrogen) atoms. The van der Waals surface area contributed by atoms with Crippen molar-refractivity contribution < 1.29 is 9.53 Å². The van der Waals surface area contributed by atoms with Gasteiger partial charge in [0.15, 0.2) is 0 Å². The lowest BCUT2D eigenvalue weighted by Gasteiger charge is -2.21. The van der Waals surface area contributed by atoms with Gasteiger partial charge in [-0.3, -0.25) is 4.79 Å². The van der Waals surface area contributed by atoms with E-state index in [2.05, 4.69) is 26.1 Å². The summed E-state index contributed by atoms with van der Waals surface area (Å²) in [6.45, 7) is 8.92. The van der Waals surface area contributed by atoms with Gasteiger partial charge in [0.2, 0.25) is 0 Å².